The lowest BCUT2D eigenvalue weighted by Gasteiger charge is -2.29. The van der Waals surface area contributed by atoms with Crippen LogP contribution < -0.4 is 10.6 Å². The summed E-state index contributed by atoms with van der Waals surface area (Å²) in [7, 11) is 1.38. The maximum absolute atomic E-state index is 13.0. The van der Waals surface area contributed by atoms with Crippen LogP contribution >= 0.6 is 0 Å². The second-order valence-electron chi connectivity index (χ2n) is 5.20. The third-order valence-corrected chi connectivity index (χ3v) is 3.84. The largest absolute Gasteiger partial charge is 0.418 e. The molecule has 0 saturated carbocycles. The summed E-state index contributed by atoms with van der Waals surface area (Å²) in [6, 6.07) is 3.59. The highest BCUT2D eigenvalue weighted by Crippen LogP contribution is 2.36. The molecule has 0 spiro atoms. The highest BCUT2D eigenvalue weighted by molar-refractivity contribution is 6.00. The average Bonchev–Trinajstić information content (AvgIpc) is 2.45. The third-order valence-electron chi connectivity index (χ3n) is 3.84. The number of anilines is 1. The third kappa shape index (κ3) is 3.89. The first-order chi connectivity index (χ1) is 9.68. The molecular formula is C15H21F3N2O. The summed E-state index contributed by atoms with van der Waals surface area (Å²) in [6.45, 7) is 5.72. The Morgan fingerprint density at radius 1 is 1.19 bits per heavy atom. The maximum Gasteiger partial charge on any atom is 0.418 e. The fraction of sp³-hybridized carbons (Fsp3) is 0.533. The molecule has 0 saturated heterocycles. The van der Waals surface area contributed by atoms with Gasteiger partial charge in [0.05, 0.1) is 16.8 Å². The van der Waals surface area contributed by atoms with Gasteiger partial charge in [-0.3, -0.25) is 4.79 Å². The van der Waals surface area contributed by atoms with E-state index in [0.717, 1.165) is 6.07 Å². The number of carbonyl (C=O) groups is 1. The van der Waals surface area contributed by atoms with E-state index in [-0.39, 0.29) is 11.3 Å². The Balaban J connectivity index is 3.22. The van der Waals surface area contributed by atoms with Gasteiger partial charge >= 0.3 is 6.18 Å². The normalized spacial score (nSPS) is 12.1. The molecular weight excluding hydrogens is 281 g/mol. The molecule has 0 aliphatic rings. The molecule has 0 fully saturated rings. The van der Waals surface area contributed by atoms with Gasteiger partial charge in [-0.1, -0.05) is 19.9 Å². The number of amides is 1. The Morgan fingerprint density at radius 3 is 2.19 bits per heavy atom. The second kappa shape index (κ2) is 6.37. The van der Waals surface area contributed by atoms with E-state index in [1.165, 1.54) is 19.2 Å². The highest BCUT2D eigenvalue weighted by Gasteiger charge is 2.35. The van der Waals surface area contributed by atoms with Crippen LogP contribution in [0.5, 0.6) is 0 Å². The van der Waals surface area contributed by atoms with E-state index in [9.17, 15) is 18.0 Å². The minimum Gasteiger partial charge on any atom is -0.387 e. The fourth-order valence-electron chi connectivity index (χ4n) is 2.02. The van der Waals surface area contributed by atoms with Crippen molar-refractivity contribution in [2.24, 2.45) is 0 Å². The number of para-hydroxylation sites is 1. The lowest BCUT2D eigenvalue weighted by molar-refractivity contribution is -0.136. The summed E-state index contributed by atoms with van der Waals surface area (Å²) in [5.74, 6) is -0.503. The van der Waals surface area contributed by atoms with Crippen molar-refractivity contribution in [2.45, 2.75) is 45.3 Å². The number of carbonyl (C=O) groups excluding carboxylic acids is 1. The highest BCUT2D eigenvalue weighted by atomic mass is 19.4. The smallest absolute Gasteiger partial charge is 0.387 e. The van der Waals surface area contributed by atoms with Crippen molar-refractivity contribution >= 4 is 11.6 Å². The van der Waals surface area contributed by atoms with Crippen LogP contribution in [-0.4, -0.2) is 18.5 Å². The van der Waals surface area contributed by atoms with Gasteiger partial charge in [0.2, 0.25) is 0 Å². The Kier molecular flexibility index (Phi) is 5.25. The summed E-state index contributed by atoms with van der Waals surface area (Å²) in [5, 5.41) is 5.31. The molecule has 2 N–H and O–H groups in total. The quantitative estimate of drug-likeness (QED) is 0.861. The predicted octanol–water partition coefficient (Wildman–Crippen LogP) is 4.06. The van der Waals surface area contributed by atoms with E-state index in [4.69, 9.17) is 0 Å². The molecule has 0 aliphatic carbocycles. The topological polar surface area (TPSA) is 41.1 Å². The lowest BCUT2D eigenvalue weighted by Crippen LogP contribution is -2.45. The Bertz CT molecular complexity index is 508. The molecule has 1 aromatic rings. The van der Waals surface area contributed by atoms with E-state index in [1.54, 1.807) is 0 Å². The number of halogens is 3. The molecule has 0 aliphatic heterocycles. The lowest BCUT2D eigenvalue weighted by atomic mass is 9.94. The monoisotopic (exact) mass is 302 g/mol. The van der Waals surface area contributed by atoms with Crippen molar-refractivity contribution in [1.82, 2.24) is 5.32 Å². The van der Waals surface area contributed by atoms with Gasteiger partial charge in [-0.15, -0.1) is 0 Å². The molecule has 0 radical (unpaired) electrons. The fourth-order valence-corrected chi connectivity index (χ4v) is 2.02. The first kappa shape index (κ1) is 17.3. The Morgan fingerprint density at radius 2 is 1.76 bits per heavy atom. The van der Waals surface area contributed by atoms with Crippen molar-refractivity contribution in [3.05, 3.63) is 29.3 Å². The molecule has 6 heteroatoms. The number of hydrogen-bond donors (Lipinski definition) is 2. The van der Waals surface area contributed by atoms with E-state index in [0.29, 0.717) is 12.8 Å². The molecule has 0 unspecified atom stereocenters. The number of benzene rings is 1. The van der Waals surface area contributed by atoms with Crippen LogP contribution in [0.3, 0.4) is 0 Å². The number of hydrogen-bond acceptors (Lipinski definition) is 2. The van der Waals surface area contributed by atoms with Gasteiger partial charge in [-0.25, -0.2) is 0 Å². The SMILES string of the molecule is CCC(C)(CC)NC(=O)c1cccc(C(F)(F)F)c1NC. The minimum absolute atomic E-state index is 0.000417. The zero-order valence-corrected chi connectivity index (χ0v) is 12.7. The summed E-state index contributed by atoms with van der Waals surface area (Å²) >= 11 is 0. The van der Waals surface area contributed by atoms with Crippen molar-refractivity contribution < 1.29 is 18.0 Å². The first-order valence-corrected chi connectivity index (χ1v) is 6.89. The summed E-state index contributed by atoms with van der Waals surface area (Å²) in [4.78, 5) is 12.3. The average molecular weight is 302 g/mol. The van der Waals surface area contributed by atoms with Crippen LogP contribution in [0, 0.1) is 0 Å². The minimum atomic E-state index is -4.51. The molecule has 0 bridgehead atoms. The zero-order chi connectivity index (χ0) is 16.3. The van der Waals surface area contributed by atoms with E-state index >= 15 is 0 Å². The van der Waals surface area contributed by atoms with Crippen LogP contribution in [0.25, 0.3) is 0 Å². The number of rotatable bonds is 5. The van der Waals surface area contributed by atoms with Crippen LogP contribution in [0.4, 0.5) is 18.9 Å². The Labute approximate surface area is 122 Å². The summed E-state index contributed by atoms with van der Waals surface area (Å²) in [5.41, 5.74) is -1.47. The molecule has 1 aromatic carbocycles. The molecule has 3 nitrogen and oxygen atoms in total. The molecule has 0 heterocycles. The summed E-state index contributed by atoms with van der Waals surface area (Å²) < 4.78 is 38.9. The van der Waals surface area contributed by atoms with Crippen LogP contribution in [-0.2, 0) is 6.18 Å². The molecule has 0 atom stereocenters. The van der Waals surface area contributed by atoms with Gasteiger partial charge in [-0.2, -0.15) is 13.2 Å². The van der Waals surface area contributed by atoms with Crippen LogP contribution in [0.2, 0.25) is 0 Å². The van der Waals surface area contributed by atoms with Crippen molar-refractivity contribution in [3.63, 3.8) is 0 Å². The van der Waals surface area contributed by atoms with Gasteiger partial charge < -0.3 is 10.6 Å². The number of alkyl halides is 3. The van der Waals surface area contributed by atoms with Gasteiger partial charge in [0, 0.05) is 12.6 Å². The number of nitrogens with one attached hydrogen (secondary N) is 2. The molecule has 118 valence electrons. The molecule has 1 amide bonds. The van der Waals surface area contributed by atoms with Crippen LogP contribution in [0.1, 0.15) is 49.5 Å². The standard InChI is InChI=1S/C15H21F3N2O/c1-5-14(3,6-2)20-13(21)10-8-7-9-11(12(10)19-4)15(16,17)18/h7-9,19H,5-6H2,1-4H3,(H,20,21). The van der Waals surface area contributed by atoms with Crippen molar-refractivity contribution in [3.8, 4) is 0 Å². The van der Waals surface area contributed by atoms with E-state index < -0.39 is 23.2 Å². The van der Waals surface area contributed by atoms with E-state index in [2.05, 4.69) is 10.6 Å². The van der Waals surface area contributed by atoms with E-state index in [1.807, 2.05) is 20.8 Å². The van der Waals surface area contributed by atoms with Gasteiger partial charge in [0.1, 0.15) is 0 Å². The van der Waals surface area contributed by atoms with Gasteiger partial charge in [0.15, 0.2) is 0 Å². The predicted molar refractivity (Wildman–Crippen MR) is 77.4 cm³/mol. The maximum atomic E-state index is 13.0. The Hall–Kier alpha value is -1.72. The van der Waals surface area contributed by atoms with Gasteiger partial charge in [-0.05, 0) is 31.9 Å². The van der Waals surface area contributed by atoms with Crippen molar-refractivity contribution in [1.29, 1.82) is 0 Å². The van der Waals surface area contributed by atoms with Crippen molar-refractivity contribution in [2.75, 3.05) is 12.4 Å². The van der Waals surface area contributed by atoms with Gasteiger partial charge in [0.25, 0.3) is 5.91 Å². The molecule has 0 aromatic heterocycles. The first-order valence-electron chi connectivity index (χ1n) is 6.89. The zero-order valence-electron chi connectivity index (χ0n) is 12.7. The summed E-state index contributed by atoms with van der Waals surface area (Å²) in [6.07, 6.45) is -3.11. The molecule has 1 rings (SSSR count). The van der Waals surface area contributed by atoms with Crippen LogP contribution in [0.15, 0.2) is 18.2 Å². The molecule has 21 heavy (non-hydrogen) atoms. The second-order valence-corrected chi connectivity index (χ2v) is 5.20.